The van der Waals surface area contributed by atoms with E-state index in [0.717, 1.165) is 35.2 Å². The van der Waals surface area contributed by atoms with Gasteiger partial charge < -0.3 is 35.6 Å². The summed E-state index contributed by atoms with van der Waals surface area (Å²) in [7, 11) is 2.31. The molecular formula is C32H47N3O7S. The summed E-state index contributed by atoms with van der Waals surface area (Å²) in [5.74, 6) is -0.371. The summed E-state index contributed by atoms with van der Waals surface area (Å²) >= 11 is 0. The number of ether oxygens (including phenoxy) is 1. The molecule has 238 valence electrons. The van der Waals surface area contributed by atoms with Gasteiger partial charge in [0.25, 0.3) is 0 Å². The van der Waals surface area contributed by atoms with Crippen molar-refractivity contribution in [1.29, 1.82) is 0 Å². The van der Waals surface area contributed by atoms with E-state index in [1.54, 1.807) is 13.8 Å². The molecule has 2 amide bonds. The molecule has 0 radical (unpaired) electrons. The van der Waals surface area contributed by atoms with Gasteiger partial charge in [-0.25, -0.2) is 0 Å². The molecule has 0 saturated carbocycles. The maximum Gasteiger partial charge on any atom is 0.245 e. The van der Waals surface area contributed by atoms with E-state index in [9.17, 15) is 29.1 Å². The maximum atomic E-state index is 12.5. The van der Waals surface area contributed by atoms with Gasteiger partial charge in [-0.15, -0.1) is 0 Å². The van der Waals surface area contributed by atoms with Crippen molar-refractivity contribution in [3.63, 3.8) is 0 Å². The summed E-state index contributed by atoms with van der Waals surface area (Å²) in [5.41, 5.74) is 2.80. The van der Waals surface area contributed by atoms with Gasteiger partial charge in [0.2, 0.25) is 11.8 Å². The zero-order valence-electron chi connectivity index (χ0n) is 26.0. The third kappa shape index (κ3) is 9.66. The van der Waals surface area contributed by atoms with Crippen LogP contribution in [0.5, 0.6) is 0 Å². The van der Waals surface area contributed by atoms with E-state index in [0.29, 0.717) is 31.4 Å². The number of nitrogens with zero attached hydrogens (tertiary/aromatic N) is 1. The first-order valence-electron chi connectivity index (χ1n) is 14.6. The molecule has 0 aliphatic carbocycles. The molecule has 1 unspecified atom stereocenters. The Kier molecular flexibility index (Phi) is 12.4. The molecule has 11 heteroatoms. The molecule has 1 aliphatic rings. The summed E-state index contributed by atoms with van der Waals surface area (Å²) in [6, 6.07) is 13.8. The van der Waals surface area contributed by atoms with Crippen LogP contribution in [0.4, 0.5) is 0 Å². The van der Waals surface area contributed by atoms with Crippen molar-refractivity contribution in [3.05, 3.63) is 70.3 Å². The minimum Gasteiger partial charge on any atom is -0.387 e. The summed E-state index contributed by atoms with van der Waals surface area (Å²) in [6.07, 6.45) is -1.48. The Morgan fingerprint density at radius 1 is 1.00 bits per heavy atom. The molecule has 6 atom stereocenters. The number of carbonyl (C=O) groups is 2. The Labute approximate surface area is 257 Å². The smallest absolute Gasteiger partial charge is 0.245 e. The van der Waals surface area contributed by atoms with Gasteiger partial charge in [-0.1, -0.05) is 42.5 Å². The Morgan fingerprint density at radius 3 is 2.28 bits per heavy atom. The van der Waals surface area contributed by atoms with E-state index in [1.165, 1.54) is 6.26 Å². The van der Waals surface area contributed by atoms with E-state index >= 15 is 0 Å². The summed E-state index contributed by atoms with van der Waals surface area (Å²) < 4.78 is 17.8. The SMILES string of the molecule is Cc1ccc([C@@H]2O[C@H](S(C)=O)[C@@H](O)[C@H](O)[C@@H]2O)cc1Cc1ccc(CCCC(=O)NC(C)(C)C(=O)NCCN(C)C)cc1. The third-order valence-corrected chi connectivity index (χ3v) is 8.79. The van der Waals surface area contributed by atoms with Crippen LogP contribution in [0, 0.1) is 6.92 Å². The molecule has 0 bridgehead atoms. The van der Waals surface area contributed by atoms with Crippen LogP contribution in [-0.4, -0.2) is 99.0 Å². The van der Waals surface area contributed by atoms with Gasteiger partial charge in [0.1, 0.15) is 30.0 Å². The normalized spacial score (nSPS) is 23.2. The van der Waals surface area contributed by atoms with E-state index < -0.39 is 46.2 Å². The van der Waals surface area contributed by atoms with E-state index in [1.807, 2.05) is 68.4 Å². The van der Waals surface area contributed by atoms with Crippen molar-refractivity contribution in [2.24, 2.45) is 0 Å². The zero-order valence-corrected chi connectivity index (χ0v) is 26.8. The summed E-state index contributed by atoms with van der Waals surface area (Å²) in [4.78, 5) is 26.9. The van der Waals surface area contributed by atoms with Crippen molar-refractivity contribution in [2.75, 3.05) is 33.4 Å². The first-order valence-corrected chi connectivity index (χ1v) is 16.2. The van der Waals surface area contributed by atoms with Crippen molar-refractivity contribution in [3.8, 4) is 0 Å². The zero-order chi connectivity index (χ0) is 31.9. The molecule has 3 rings (SSSR count). The summed E-state index contributed by atoms with van der Waals surface area (Å²) in [6.45, 7) is 6.64. The number of aliphatic hydroxyl groups excluding tert-OH is 3. The van der Waals surface area contributed by atoms with Crippen molar-refractivity contribution < 1.29 is 33.9 Å². The Bertz CT molecular complexity index is 1270. The maximum absolute atomic E-state index is 12.5. The molecule has 10 nitrogen and oxygen atoms in total. The first-order chi connectivity index (χ1) is 20.2. The number of aryl methyl sites for hydroxylation is 2. The van der Waals surface area contributed by atoms with Crippen LogP contribution in [0.25, 0.3) is 0 Å². The van der Waals surface area contributed by atoms with Gasteiger partial charge in [0, 0.05) is 25.8 Å². The largest absolute Gasteiger partial charge is 0.387 e. The molecule has 5 N–H and O–H groups in total. The Morgan fingerprint density at radius 2 is 1.65 bits per heavy atom. The lowest BCUT2D eigenvalue weighted by molar-refractivity contribution is -0.201. The molecule has 1 aliphatic heterocycles. The molecule has 1 saturated heterocycles. The van der Waals surface area contributed by atoms with Crippen LogP contribution in [0.15, 0.2) is 42.5 Å². The van der Waals surface area contributed by atoms with E-state index in [-0.39, 0.29) is 11.8 Å². The van der Waals surface area contributed by atoms with E-state index in [4.69, 9.17) is 4.74 Å². The fraction of sp³-hybridized carbons (Fsp3) is 0.562. The van der Waals surface area contributed by atoms with Gasteiger partial charge in [-0.05, 0) is 81.9 Å². The number of benzene rings is 2. The van der Waals surface area contributed by atoms with Gasteiger partial charge in [-0.3, -0.25) is 13.8 Å². The van der Waals surface area contributed by atoms with Crippen LogP contribution < -0.4 is 10.6 Å². The molecule has 0 aromatic heterocycles. The number of aliphatic hydroxyl groups is 3. The van der Waals surface area contributed by atoms with Gasteiger partial charge in [-0.2, -0.15) is 0 Å². The molecular weight excluding hydrogens is 570 g/mol. The van der Waals surface area contributed by atoms with Gasteiger partial charge in [0.05, 0.1) is 10.8 Å². The lowest BCUT2D eigenvalue weighted by Crippen LogP contribution is -2.55. The average Bonchev–Trinajstić information content (AvgIpc) is 2.93. The number of likely N-dealkylation sites (N-methyl/N-ethyl adjacent to an activating group) is 1. The van der Waals surface area contributed by atoms with Crippen LogP contribution in [0.1, 0.15) is 60.6 Å². The van der Waals surface area contributed by atoms with Crippen molar-refractivity contribution >= 4 is 22.6 Å². The molecule has 43 heavy (non-hydrogen) atoms. The minimum atomic E-state index is -1.55. The Hall–Kier alpha value is -2.67. The topological polar surface area (TPSA) is 148 Å². The van der Waals surface area contributed by atoms with Crippen LogP contribution >= 0.6 is 0 Å². The predicted molar refractivity (Wildman–Crippen MR) is 167 cm³/mol. The number of nitrogens with one attached hydrogen (secondary N) is 2. The average molecular weight is 618 g/mol. The van der Waals surface area contributed by atoms with Crippen molar-refractivity contribution in [2.45, 2.75) is 81.8 Å². The second kappa shape index (κ2) is 15.4. The number of amides is 2. The van der Waals surface area contributed by atoms with Crippen LogP contribution in [0.3, 0.4) is 0 Å². The highest BCUT2D eigenvalue weighted by Gasteiger charge is 2.45. The quantitative estimate of drug-likeness (QED) is 0.226. The number of hydrogen-bond donors (Lipinski definition) is 5. The molecule has 1 fully saturated rings. The lowest BCUT2D eigenvalue weighted by Gasteiger charge is -2.40. The monoisotopic (exact) mass is 617 g/mol. The van der Waals surface area contributed by atoms with Crippen molar-refractivity contribution in [1.82, 2.24) is 15.5 Å². The Balaban J connectivity index is 1.55. The second-order valence-corrected chi connectivity index (χ2v) is 13.6. The third-order valence-electron chi connectivity index (χ3n) is 7.75. The minimum absolute atomic E-state index is 0.162. The standard InChI is InChI=1S/C32H47N3O7S/c1-20-10-15-23(29-27(38)26(37)28(39)30(42-29)43(6)41)19-24(20)18-22-13-11-21(12-14-22)8-7-9-25(36)34-32(2,3)31(40)33-16-17-35(4)5/h10-15,19,26-30,37-39H,7-9,16-18H2,1-6H3,(H,33,40)(H,34,36)/t26-,27+,28+,29+,30-,43?/m1/s1. The fourth-order valence-corrected chi connectivity index (χ4v) is 5.87. The van der Waals surface area contributed by atoms with Gasteiger partial charge >= 0.3 is 0 Å². The highest BCUT2D eigenvalue weighted by Crippen LogP contribution is 2.34. The van der Waals surface area contributed by atoms with Crippen LogP contribution in [0.2, 0.25) is 0 Å². The number of carbonyl (C=O) groups excluding carboxylic acids is 2. The first kappa shape index (κ1) is 34.8. The van der Waals surface area contributed by atoms with E-state index in [2.05, 4.69) is 10.6 Å². The summed E-state index contributed by atoms with van der Waals surface area (Å²) in [5, 5.41) is 36.8. The molecule has 2 aromatic carbocycles. The second-order valence-electron chi connectivity index (χ2n) is 12.2. The van der Waals surface area contributed by atoms with Crippen LogP contribution in [-0.2, 0) is 38.0 Å². The fourth-order valence-electron chi connectivity index (χ4n) is 5.04. The number of rotatable bonds is 13. The highest BCUT2D eigenvalue weighted by atomic mass is 32.2. The highest BCUT2D eigenvalue weighted by molar-refractivity contribution is 7.84. The molecule has 2 aromatic rings. The molecule has 0 spiro atoms. The predicted octanol–water partition coefficient (Wildman–Crippen LogP) is 1.34. The molecule has 1 heterocycles. The van der Waals surface area contributed by atoms with Gasteiger partial charge in [0.15, 0.2) is 5.44 Å². The number of hydrogen-bond acceptors (Lipinski definition) is 8. The lowest BCUT2D eigenvalue weighted by atomic mass is 9.91.